The minimum Gasteiger partial charge on any atom is -0.487 e. The molecule has 0 saturated carbocycles. The van der Waals surface area contributed by atoms with Crippen LogP contribution in [0.5, 0.6) is 5.75 Å². The number of hydrogen-bond acceptors (Lipinski definition) is 4. The van der Waals surface area contributed by atoms with E-state index in [0.717, 1.165) is 0 Å². The summed E-state index contributed by atoms with van der Waals surface area (Å²) in [5.41, 5.74) is 0.707. The first-order valence-electron chi connectivity index (χ1n) is 5.84. The lowest BCUT2D eigenvalue weighted by molar-refractivity contribution is 0.286. The maximum Gasteiger partial charge on any atom is 0.261 e. The van der Waals surface area contributed by atoms with Gasteiger partial charge in [-0.25, -0.2) is 17.2 Å². The first kappa shape index (κ1) is 15.7. The number of ether oxygens (including phenoxy) is 1. The van der Waals surface area contributed by atoms with Crippen LogP contribution in [0.1, 0.15) is 5.69 Å². The summed E-state index contributed by atoms with van der Waals surface area (Å²) in [4.78, 5) is 3.38. The summed E-state index contributed by atoms with van der Waals surface area (Å²) in [6.07, 6.45) is 1.95. The van der Waals surface area contributed by atoms with Gasteiger partial charge in [-0.05, 0) is 24.3 Å². The zero-order valence-electron chi connectivity index (χ0n) is 10.6. The SMILES string of the molecule is O=S(=O)(Cl)c1cc(F)c(OCCc2ccccn2)c(F)c1. The maximum atomic E-state index is 13.7. The van der Waals surface area contributed by atoms with Crippen molar-refractivity contribution in [3.8, 4) is 5.75 Å². The molecule has 2 rings (SSSR count). The number of benzene rings is 1. The molecule has 112 valence electrons. The zero-order valence-corrected chi connectivity index (χ0v) is 12.2. The van der Waals surface area contributed by atoms with Gasteiger partial charge in [-0.2, -0.15) is 0 Å². The molecule has 1 aromatic carbocycles. The molecule has 0 radical (unpaired) electrons. The van der Waals surface area contributed by atoms with Gasteiger partial charge in [0.1, 0.15) is 0 Å². The predicted molar refractivity (Wildman–Crippen MR) is 72.8 cm³/mol. The summed E-state index contributed by atoms with van der Waals surface area (Å²) < 4.78 is 54.4. The monoisotopic (exact) mass is 333 g/mol. The highest BCUT2D eigenvalue weighted by Gasteiger charge is 2.19. The van der Waals surface area contributed by atoms with Gasteiger partial charge < -0.3 is 4.74 Å². The van der Waals surface area contributed by atoms with Crippen LogP contribution in [0.4, 0.5) is 8.78 Å². The third-order valence-electron chi connectivity index (χ3n) is 2.58. The van der Waals surface area contributed by atoms with Crippen molar-refractivity contribution in [1.29, 1.82) is 0 Å². The molecule has 0 N–H and O–H groups in total. The zero-order chi connectivity index (χ0) is 15.5. The highest BCUT2D eigenvalue weighted by atomic mass is 35.7. The van der Waals surface area contributed by atoms with Gasteiger partial charge in [0.05, 0.1) is 11.5 Å². The van der Waals surface area contributed by atoms with Crippen LogP contribution in [0.25, 0.3) is 0 Å². The van der Waals surface area contributed by atoms with Crippen LogP contribution in [0.15, 0.2) is 41.4 Å². The molecular weight excluding hydrogens is 324 g/mol. The third kappa shape index (κ3) is 4.12. The van der Waals surface area contributed by atoms with Crippen molar-refractivity contribution in [1.82, 2.24) is 4.98 Å². The lowest BCUT2D eigenvalue weighted by Crippen LogP contribution is -2.06. The number of halogens is 3. The maximum absolute atomic E-state index is 13.7. The van der Waals surface area contributed by atoms with Crippen LogP contribution in [-0.2, 0) is 15.5 Å². The van der Waals surface area contributed by atoms with Crippen molar-refractivity contribution in [3.63, 3.8) is 0 Å². The Hall–Kier alpha value is -1.73. The van der Waals surface area contributed by atoms with E-state index in [-0.39, 0.29) is 6.61 Å². The van der Waals surface area contributed by atoms with Gasteiger partial charge >= 0.3 is 0 Å². The molecule has 1 heterocycles. The van der Waals surface area contributed by atoms with Gasteiger partial charge in [0.15, 0.2) is 17.4 Å². The fourth-order valence-electron chi connectivity index (χ4n) is 1.62. The average molecular weight is 334 g/mol. The molecule has 2 aromatic rings. The minimum absolute atomic E-state index is 0.00216. The van der Waals surface area contributed by atoms with Gasteiger partial charge in [-0.15, -0.1) is 0 Å². The van der Waals surface area contributed by atoms with E-state index in [0.29, 0.717) is 24.2 Å². The van der Waals surface area contributed by atoms with Crippen LogP contribution in [0.3, 0.4) is 0 Å². The fraction of sp³-hybridized carbons (Fsp3) is 0.154. The van der Waals surface area contributed by atoms with Crippen LogP contribution < -0.4 is 4.74 Å². The van der Waals surface area contributed by atoms with Crippen LogP contribution in [0, 0.1) is 11.6 Å². The topological polar surface area (TPSA) is 56.3 Å². The van der Waals surface area contributed by atoms with Gasteiger partial charge in [0.25, 0.3) is 9.05 Å². The molecule has 0 fully saturated rings. The number of pyridine rings is 1. The van der Waals surface area contributed by atoms with E-state index < -0.39 is 31.3 Å². The summed E-state index contributed by atoms with van der Waals surface area (Å²) >= 11 is 0. The smallest absolute Gasteiger partial charge is 0.261 e. The van der Waals surface area contributed by atoms with Crippen molar-refractivity contribution < 1.29 is 21.9 Å². The van der Waals surface area contributed by atoms with Gasteiger partial charge in [-0.3, -0.25) is 4.98 Å². The molecule has 0 unspecified atom stereocenters. The second-order valence-corrected chi connectivity index (χ2v) is 6.64. The molecular formula is C13H10ClF2NO3S. The lowest BCUT2D eigenvalue weighted by Gasteiger charge is -2.09. The summed E-state index contributed by atoms with van der Waals surface area (Å²) in [5.74, 6) is -2.90. The van der Waals surface area contributed by atoms with Crippen LogP contribution in [-0.4, -0.2) is 20.0 Å². The van der Waals surface area contributed by atoms with Crippen molar-refractivity contribution in [2.24, 2.45) is 0 Å². The third-order valence-corrected chi connectivity index (χ3v) is 3.92. The van der Waals surface area contributed by atoms with E-state index in [1.807, 2.05) is 0 Å². The van der Waals surface area contributed by atoms with E-state index in [2.05, 4.69) is 4.98 Å². The fourth-order valence-corrected chi connectivity index (χ4v) is 2.37. The molecule has 1 aromatic heterocycles. The molecule has 0 amide bonds. The standard InChI is InChI=1S/C13H10ClF2NO3S/c14-21(18,19)10-7-11(15)13(12(16)8-10)20-6-4-9-3-1-2-5-17-9/h1-3,5,7-8H,4,6H2. The van der Waals surface area contributed by atoms with Crippen LogP contribution in [0.2, 0.25) is 0 Å². The van der Waals surface area contributed by atoms with Gasteiger partial charge in [-0.1, -0.05) is 6.07 Å². The molecule has 0 bridgehead atoms. The quantitative estimate of drug-likeness (QED) is 0.789. The minimum atomic E-state index is -4.20. The van der Waals surface area contributed by atoms with E-state index in [9.17, 15) is 17.2 Å². The molecule has 0 atom stereocenters. The van der Waals surface area contributed by atoms with Crippen molar-refractivity contribution in [2.75, 3.05) is 6.61 Å². The Bertz CT molecular complexity index is 715. The number of rotatable bonds is 5. The molecule has 4 nitrogen and oxygen atoms in total. The van der Waals surface area contributed by atoms with E-state index in [1.165, 1.54) is 0 Å². The summed E-state index contributed by atoms with van der Waals surface area (Å²) in [6, 6.07) is 6.50. The second-order valence-electron chi connectivity index (χ2n) is 4.07. The Labute approximate surface area is 124 Å². The highest BCUT2D eigenvalue weighted by Crippen LogP contribution is 2.27. The average Bonchev–Trinajstić information content (AvgIpc) is 2.42. The Morgan fingerprint density at radius 3 is 2.38 bits per heavy atom. The summed E-state index contributed by atoms with van der Waals surface area (Å²) in [5, 5.41) is 0. The number of nitrogens with zero attached hydrogens (tertiary/aromatic N) is 1. The predicted octanol–water partition coefficient (Wildman–Crippen LogP) is 2.91. The Morgan fingerprint density at radius 1 is 1.19 bits per heavy atom. The largest absolute Gasteiger partial charge is 0.487 e. The molecule has 0 aliphatic heterocycles. The van der Waals surface area contributed by atoms with E-state index in [1.54, 1.807) is 24.4 Å². The second kappa shape index (κ2) is 6.36. The Morgan fingerprint density at radius 2 is 1.86 bits per heavy atom. The van der Waals surface area contributed by atoms with Crippen LogP contribution >= 0.6 is 10.7 Å². The molecule has 8 heteroatoms. The number of hydrogen-bond donors (Lipinski definition) is 0. The Kier molecular flexibility index (Phi) is 4.74. The molecule has 0 spiro atoms. The van der Waals surface area contributed by atoms with Crippen molar-refractivity contribution in [3.05, 3.63) is 53.9 Å². The van der Waals surface area contributed by atoms with Crippen molar-refractivity contribution >= 4 is 19.7 Å². The molecule has 0 aliphatic carbocycles. The highest BCUT2D eigenvalue weighted by molar-refractivity contribution is 8.13. The molecule has 0 aliphatic rings. The summed E-state index contributed by atoms with van der Waals surface area (Å²) in [6.45, 7) is -0.00216. The first-order chi connectivity index (χ1) is 9.88. The number of aromatic nitrogens is 1. The Balaban J connectivity index is 2.11. The first-order valence-corrected chi connectivity index (χ1v) is 8.15. The lowest BCUT2D eigenvalue weighted by atomic mass is 10.3. The van der Waals surface area contributed by atoms with Crippen molar-refractivity contribution in [2.45, 2.75) is 11.3 Å². The normalized spacial score (nSPS) is 11.4. The van der Waals surface area contributed by atoms with Gasteiger partial charge in [0.2, 0.25) is 0 Å². The molecule has 21 heavy (non-hydrogen) atoms. The summed E-state index contributed by atoms with van der Waals surface area (Å²) in [7, 11) is 0.828. The molecule has 0 saturated heterocycles. The van der Waals surface area contributed by atoms with Gasteiger partial charge in [0, 0.05) is 29.0 Å². The van der Waals surface area contributed by atoms with E-state index >= 15 is 0 Å². The van der Waals surface area contributed by atoms with E-state index in [4.69, 9.17) is 15.4 Å².